The van der Waals surface area contributed by atoms with Crippen LogP contribution in [0.25, 0.3) is 90.9 Å². The average molecular weight is 1350 g/mol. The lowest BCUT2D eigenvalue weighted by Gasteiger charge is -2.25. The molecule has 8 N–H and O–H groups in total. The number of rotatable bonds is 4. The van der Waals surface area contributed by atoms with Gasteiger partial charge in [-0.2, -0.15) is 0 Å². The third-order valence-corrected chi connectivity index (χ3v) is 19.0. The van der Waals surface area contributed by atoms with E-state index in [0.717, 1.165) is 16.7 Å². The van der Waals surface area contributed by atoms with E-state index in [2.05, 4.69) is 41.1 Å². The van der Waals surface area contributed by atoms with E-state index in [9.17, 15) is 39.0 Å². The van der Waals surface area contributed by atoms with Crippen molar-refractivity contribution in [1.82, 2.24) is 29.8 Å². The number of anilines is 4. The zero-order chi connectivity index (χ0) is 70.3. The molecule has 4 amide bonds. The molecule has 0 atom stereocenters. The second-order valence-electron chi connectivity index (χ2n) is 25.9. The van der Waals surface area contributed by atoms with Crippen LogP contribution >= 0.6 is 0 Å². The maximum Gasteiger partial charge on any atom is 0.321 e. The number of nitrogens with one attached hydrogen (secondary N) is 6. The van der Waals surface area contributed by atoms with E-state index in [-0.39, 0.29) is 34.1 Å². The molecule has 0 saturated carbocycles. The number of carbonyl (C=O) groups excluding carboxylic acids is 4. The Morgan fingerprint density at radius 1 is 0.388 bits per heavy atom. The fourth-order valence-electron chi connectivity index (χ4n) is 14.2. The first kappa shape index (κ1) is 64.0. The van der Waals surface area contributed by atoms with E-state index in [0.29, 0.717) is 143 Å². The molecule has 0 saturated heterocycles. The SMILES string of the molecule is O=C1Nc2cccc(c2)-c2c3nc(c4c5ccc([nH]5)c(c5nc(c(c6ccc2[nH]6)-c2cccc(c2)NC(=O)c2cccc(c2)CN(Cc2cccnc2)Cc2cccc1c2)C=C5)-c1ccccc1NC(=O)c1cccc(c1)CC(C(=O)O)(C(=O)O)Cc1cccc(c1)C(=O)Nc1ccccc1-4)C=C3. The van der Waals surface area contributed by atoms with Crippen molar-refractivity contribution in [2.45, 2.75) is 32.5 Å². The molecule has 0 aliphatic carbocycles. The van der Waals surface area contributed by atoms with Crippen molar-refractivity contribution in [3.05, 3.63) is 316 Å². The molecule has 0 radical (unpaired) electrons. The molecule has 0 unspecified atom stereocenters. The fraction of sp³-hybridized carbons (Fsp3) is 0.0706. The van der Waals surface area contributed by atoms with Crippen LogP contribution in [0, 0.1) is 5.41 Å². The zero-order valence-electron chi connectivity index (χ0n) is 55.1. The number of para-hydroxylation sites is 2. The minimum Gasteiger partial charge on any atom is -0.480 e. The van der Waals surface area contributed by atoms with Crippen LogP contribution in [-0.4, -0.2) is 75.6 Å². The van der Waals surface area contributed by atoms with Crippen LogP contribution in [0.5, 0.6) is 0 Å². The number of pyridine rings is 1. The Labute approximate surface area is 589 Å². The molecule has 24 bridgehead atoms. The number of nitrogens with zero attached hydrogens (tertiary/aromatic N) is 4. The van der Waals surface area contributed by atoms with Crippen molar-refractivity contribution in [1.29, 1.82) is 0 Å². The third-order valence-electron chi connectivity index (χ3n) is 19.0. The highest BCUT2D eigenvalue weighted by molar-refractivity contribution is 6.12. The Balaban J connectivity index is 0.951. The van der Waals surface area contributed by atoms with E-state index in [1.165, 1.54) is 12.1 Å². The molecular weight excluding hydrogens is 1290 g/mol. The number of amides is 4. The molecule has 12 aromatic rings. The summed E-state index contributed by atoms with van der Waals surface area (Å²) in [5.74, 6) is -4.95. The second kappa shape index (κ2) is 26.8. The first-order chi connectivity index (χ1) is 50.2. The normalized spacial score (nSPS) is 14.2. The molecule has 103 heavy (non-hydrogen) atoms. The Bertz CT molecular complexity index is 5450. The van der Waals surface area contributed by atoms with Gasteiger partial charge < -0.3 is 41.4 Å². The Kier molecular flexibility index (Phi) is 16.7. The summed E-state index contributed by atoms with van der Waals surface area (Å²) in [7, 11) is 0. The third kappa shape index (κ3) is 12.8. The molecule has 18 heteroatoms. The lowest BCUT2D eigenvalue weighted by Crippen LogP contribution is -2.43. The van der Waals surface area contributed by atoms with Crippen LogP contribution in [0.3, 0.4) is 0 Å². The number of hydrogen-bond donors (Lipinski definition) is 8. The number of aliphatic carboxylic acids is 2. The topological polar surface area (TPSA) is 264 Å². The monoisotopic (exact) mass is 1350 g/mol. The van der Waals surface area contributed by atoms with Crippen molar-refractivity contribution < 1.29 is 39.0 Å². The molecule has 4 aliphatic rings. The first-order valence-corrected chi connectivity index (χ1v) is 33.5. The van der Waals surface area contributed by atoms with Crippen LogP contribution in [0.15, 0.2) is 243 Å². The minimum atomic E-state index is -2.43. The summed E-state index contributed by atoms with van der Waals surface area (Å²) in [4.78, 5) is 111. The van der Waals surface area contributed by atoms with Gasteiger partial charge in [-0.15, -0.1) is 0 Å². The van der Waals surface area contributed by atoms with Gasteiger partial charge in [-0.1, -0.05) is 115 Å². The highest BCUT2D eigenvalue weighted by Crippen LogP contribution is 2.43. The van der Waals surface area contributed by atoms with Gasteiger partial charge in [0.25, 0.3) is 23.6 Å². The van der Waals surface area contributed by atoms with Gasteiger partial charge in [0.05, 0.1) is 22.8 Å². The second-order valence-corrected chi connectivity index (χ2v) is 25.9. The molecule has 18 nitrogen and oxygen atoms in total. The average Bonchev–Trinajstić information content (AvgIpc) is 1.57. The summed E-state index contributed by atoms with van der Waals surface area (Å²) in [6, 6.07) is 69.2. The summed E-state index contributed by atoms with van der Waals surface area (Å²) in [5, 5.41) is 34.5. The number of carboxylic acids is 2. The van der Waals surface area contributed by atoms with Crippen molar-refractivity contribution in [3.8, 4) is 44.5 Å². The maximum absolute atomic E-state index is 14.9. The molecule has 8 heterocycles. The number of benzene rings is 8. The zero-order valence-corrected chi connectivity index (χ0v) is 55.1. The lowest BCUT2D eigenvalue weighted by molar-refractivity contribution is -0.164. The number of fused-ring (bicyclic) bond motifs is 26. The fourth-order valence-corrected chi connectivity index (χ4v) is 14.2. The summed E-state index contributed by atoms with van der Waals surface area (Å²) in [6.45, 7) is 1.46. The maximum atomic E-state index is 14.9. The highest BCUT2D eigenvalue weighted by Gasteiger charge is 2.47. The first-order valence-electron chi connectivity index (χ1n) is 33.5. The van der Waals surface area contributed by atoms with Gasteiger partial charge in [-0.05, 0) is 191 Å². The van der Waals surface area contributed by atoms with E-state index in [1.54, 1.807) is 79.0 Å². The minimum absolute atomic E-state index is 0.137. The molecule has 8 aromatic carbocycles. The van der Waals surface area contributed by atoms with Crippen LogP contribution in [0.4, 0.5) is 22.7 Å². The smallest absolute Gasteiger partial charge is 0.321 e. The van der Waals surface area contributed by atoms with E-state index >= 15 is 0 Å². The number of hydrogen-bond acceptors (Lipinski definition) is 10. The van der Waals surface area contributed by atoms with Crippen LogP contribution in [0.2, 0.25) is 0 Å². The number of carboxylic acid groups (broad SMARTS) is 2. The standard InChI is InChI=1S/C85H62N10O8/c96-79-59-21-7-14-52(40-59)47-95(49-54-16-11-37-86-46-54)48-53-15-8-22-60(41-53)80(97)88-62-24-10-18-56(43-62)76-68-30-29-67(89-68)75(55-17-9-23-61(42-55)87-79)69-31-33-71(90-69)77-63-25-1-3-27-65(63)93-81(98)57-19-5-12-50(38-57)44-85(83(100)101,84(102)103)45-51-13-6-20-58(39-51)82(99)94-66-28-4-2-26-64(66)78(72-34-32-70(76)91-72)74-36-35-73(77)92-74/h1-43,46,89,92H,44-45,47-49H2,(H,87,96)(H,88,97)(H,93,98)(H,94,99)(H,100,101)(H,102,103). The Morgan fingerprint density at radius 3 is 1.19 bits per heavy atom. The Morgan fingerprint density at radius 2 is 0.767 bits per heavy atom. The van der Waals surface area contributed by atoms with Crippen LogP contribution in [-0.2, 0) is 42.1 Å². The molecule has 4 aromatic heterocycles. The number of H-pyrrole nitrogens is 2. The van der Waals surface area contributed by atoms with Crippen molar-refractivity contribution in [2.75, 3.05) is 21.3 Å². The quantitative estimate of drug-likeness (QED) is 0.0765. The van der Waals surface area contributed by atoms with Crippen LogP contribution in [0.1, 0.15) is 92.0 Å². The van der Waals surface area contributed by atoms with Crippen molar-refractivity contribution in [2.24, 2.45) is 5.41 Å². The van der Waals surface area contributed by atoms with Gasteiger partial charge >= 0.3 is 11.9 Å². The molecule has 0 spiro atoms. The summed E-state index contributed by atoms with van der Waals surface area (Å²) in [6.07, 6.45) is 10.2. The van der Waals surface area contributed by atoms with E-state index in [4.69, 9.17) is 9.97 Å². The van der Waals surface area contributed by atoms with E-state index in [1.807, 2.05) is 176 Å². The van der Waals surface area contributed by atoms with Crippen molar-refractivity contribution in [3.63, 3.8) is 0 Å². The molecular formula is C85H62N10O8. The van der Waals surface area contributed by atoms with Crippen LogP contribution < -0.4 is 21.3 Å². The van der Waals surface area contributed by atoms with Gasteiger partial charge in [-0.3, -0.25) is 38.7 Å². The molecule has 500 valence electrons. The summed E-state index contributed by atoms with van der Waals surface area (Å²) < 4.78 is 0. The van der Waals surface area contributed by atoms with Gasteiger partial charge in [0.15, 0.2) is 5.41 Å². The van der Waals surface area contributed by atoms with Gasteiger partial charge in [0.2, 0.25) is 0 Å². The number of aromatic amines is 2. The molecule has 4 aliphatic heterocycles. The Hall–Kier alpha value is -13.7. The van der Waals surface area contributed by atoms with Gasteiger partial charge in [-0.25, -0.2) is 9.97 Å². The lowest BCUT2D eigenvalue weighted by atomic mass is 9.76. The summed E-state index contributed by atoms with van der Waals surface area (Å²) >= 11 is 0. The number of aromatic nitrogens is 5. The predicted molar refractivity (Wildman–Crippen MR) is 400 cm³/mol. The van der Waals surface area contributed by atoms with Gasteiger partial charge in [0.1, 0.15) is 0 Å². The van der Waals surface area contributed by atoms with Crippen molar-refractivity contribution >= 4 is 105 Å². The highest BCUT2D eigenvalue weighted by atomic mass is 16.4. The van der Waals surface area contributed by atoms with E-state index < -0.39 is 42.0 Å². The summed E-state index contributed by atoms with van der Waals surface area (Å²) in [5.41, 5.74) is 13.3. The predicted octanol–water partition coefficient (Wildman–Crippen LogP) is 16.5. The molecule has 16 rings (SSSR count). The largest absolute Gasteiger partial charge is 0.480 e. The molecule has 0 fully saturated rings. The van der Waals surface area contributed by atoms with Gasteiger partial charge in [0, 0.05) is 132 Å². The number of carbonyl (C=O) groups is 6.